The number of phosphoric ester groups is 1. The first-order chi connectivity index (χ1) is 11.8. The van der Waals surface area contributed by atoms with Crippen molar-refractivity contribution < 1.29 is 46.9 Å². The topological polar surface area (TPSA) is 181 Å². The number of ether oxygens (including phenoxy) is 1. The maximum absolute atomic E-state index is 14.6. The van der Waals surface area contributed by atoms with Crippen molar-refractivity contribution in [3.8, 4) is 0 Å². The lowest BCUT2D eigenvalue weighted by molar-refractivity contribution is -0.174. The fourth-order valence-electron chi connectivity index (χ4n) is 2.19. The lowest BCUT2D eigenvalue weighted by Gasteiger charge is -2.23. The van der Waals surface area contributed by atoms with Crippen LogP contribution in [0.15, 0.2) is 11.0 Å². The Morgan fingerprint density at radius 2 is 2.12 bits per heavy atom. The molecule has 0 aliphatic carbocycles. The molecule has 1 aliphatic heterocycles. The van der Waals surface area contributed by atoms with Gasteiger partial charge in [-0.1, -0.05) is 0 Å². The van der Waals surface area contributed by atoms with E-state index in [1.165, 1.54) is 10.8 Å². The highest BCUT2D eigenvalue weighted by Gasteiger charge is 2.44. The summed E-state index contributed by atoms with van der Waals surface area (Å²) in [5, 5.41) is 9.11. The quantitative estimate of drug-likeness (QED) is 0.298. The molecular formula is C10H15FN2O10P2S. The van der Waals surface area contributed by atoms with Gasteiger partial charge in [0, 0.05) is 12.6 Å². The molecule has 0 aromatic carbocycles. The van der Waals surface area contributed by atoms with Crippen LogP contribution in [-0.2, 0) is 29.3 Å². The van der Waals surface area contributed by atoms with Crippen molar-refractivity contribution >= 4 is 27.9 Å². The number of aromatic amines is 1. The second-order valence-electron chi connectivity index (χ2n) is 5.29. The van der Waals surface area contributed by atoms with Gasteiger partial charge in [0.25, 0.3) is 5.56 Å². The van der Waals surface area contributed by atoms with Crippen molar-refractivity contribution in [2.45, 2.75) is 31.5 Å². The number of alkyl halides is 1. The minimum atomic E-state index is -5.33. The normalized spacial score (nSPS) is 26.0. The average Bonchev–Trinajstić information content (AvgIpc) is 2.86. The van der Waals surface area contributed by atoms with Crippen LogP contribution in [-0.4, -0.2) is 41.8 Å². The number of aromatic nitrogens is 2. The summed E-state index contributed by atoms with van der Waals surface area (Å²) in [6.07, 6.45) is -0.117. The van der Waals surface area contributed by atoms with E-state index in [1.807, 2.05) is 0 Å². The minimum absolute atomic E-state index is 0.0279. The molecule has 12 nitrogen and oxygen atoms in total. The maximum atomic E-state index is 14.6. The molecule has 0 amide bonds. The first-order valence-corrected chi connectivity index (χ1v) is 10.3. The molecule has 3 atom stereocenters. The predicted molar refractivity (Wildman–Crippen MR) is 83.9 cm³/mol. The molecule has 2 rings (SSSR count). The Balaban J connectivity index is 2.10. The molecule has 1 aromatic heterocycles. The molecule has 1 aliphatic rings. The summed E-state index contributed by atoms with van der Waals surface area (Å²) in [5.74, 6) is -2.58. The molecule has 2 heterocycles. The zero-order chi connectivity index (χ0) is 19.8. The van der Waals surface area contributed by atoms with Gasteiger partial charge in [-0.15, -0.1) is 0 Å². The molecule has 5 N–H and O–H groups in total. The highest BCUT2D eigenvalue weighted by atomic mass is 32.1. The molecular weight excluding hydrogens is 421 g/mol. The van der Waals surface area contributed by atoms with Crippen LogP contribution in [0.3, 0.4) is 0 Å². The van der Waals surface area contributed by atoms with Crippen LogP contribution in [0.25, 0.3) is 0 Å². The SMILES string of the molecule is O=c1[nH]c(=S)n([C@H]2CC[C@@](F)(COP(=O)(O)OP(=O)(O)O)O2)cc1CO. The Labute approximate surface area is 150 Å². The average molecular weight is 436 g/mol. The molecule has 1 saturated heterocycles. The van der Waals surface area contributed by atoms with E-state index in [4.69, 9.17) is 36.7 Å². The number of aliphatic hydroxyl groups excluding tert-OH is 1. The van der Waals surface area contributed by atoms with E-state index in [2.05, 4.69) is 13.8 Å². The summed E-state index contributed by atoms with van der Waals surface area (Å²) in [5.41, 5.74) is -0.651. The van der Waals surface area contributed by atoms with E-state index >= 15 is 0 Å². The van der Waals surface area contributed by atoms with Crippen LogP contribution >= 0.6 is 27.9 Å². The number of H-pyrrole nitrogens is 1. The second-order valence-corrected chi connectivity index (χ2v) is 8.50. The molecule has 1 aromatic rings. The Bertz CT molecular complexity index is 883. The van der Waals surface area contributed by atoms with Crippen LogP contribution in [0.4, 0.5) is 4.39 Å². The number of rotatable bonds is 7. The van der Waals surface area contributed by atoms with Gasteiger partial charge in [-0.2, -0.15) is 4.31 Å². The Hall–Kier alpha value is -0.790. The van der Waals surface area contributed by atoms with Crippen LogP contribution in [0.5, 0.6) is 0 Å². The zero-order valence-electron chi connectivity index (χ0n) is 12.8. The molecule has 1 unspecified atom stereocenters. The van der Waals surface area contributed by atoms with Gasteiger partial charge in [0.15, 0.2) is 4.77 Å². The fraction of sp³-hybridized carbons (Fsp3) is 0.600. The van der Waals surface area contributed by atoms with E-state index in [1.54, 1.807) is 0 Å². The Morgan fingerprint density at radius 1 is 1.46 bits per heavy atom. The van der Waals surface area contributed by atoms with Crippen molar-refractivity contribution in [2.24, 2.45) is 0 Å². The summed E-state index contributed by atoms with van der Waals surface area (Å²) in [6, 6.07) is 0. The van der Waals surface area contributed by atoms with Crippen molar-refractivity contribution in [2.75, 3.05) is 6.61 Å². The molecule has 26 heavy (non-hydrogen) atoms. The minimum Gasteiger partial charge on any atom is -0.391 e. The van der Waals surface area contributed by atoms with Crippen LogP contribution < -0.4 is 5.56 Å². The number of hydrogen-bond acceptors (Lipinski definition) is 8. The molecule has 1 fully saturated rings. The van der Waals surface area contributed by atoms with Gasteiger partial charge in [-0.05, 0) is 18.6 Å². The summed E-state index contributed by atoms with van der Waals surface area (Å²) in [7, 11) is -10.5. The standard InChI is InChI=1S/C10H15FN2O10P2S/c11-10(5-21-25(19,20)23-24(16,17)18)2-1-7(22-10)13-3-6(4-14)8(15)12-9(13)26/h3,7,14H,1-2,4-5H2,(H,19,20)(H,12,15,26)(H2,16,17,18)/t7-,10+/m1/s1. The number of phosphoric acid groups is 2. The number of nitrogens with zero attached hydrogens (tertiary/aromatic N) is 1. The van der Waals surface area contributed by atoms with E-state index in [0.29, 0.717) is 0 Å². The highest BCUT2D eigenvalue weighted by molar-refractivity contribution is 7.71. The van der Waals surface area contributed by atoms with Gasteiger partial charge in [0.1, 0.15) is 12.8 Å². The molecule has 0 spiro atoms. The summed E-state index contributed by atoms with van der Waals surface area (Å²) < 4.78 is 50.5. The maximum Gasteiger partial charge on any atom is 0.481 e. The fourth-order valence-corrected chi connectivity index (χ4v) is 4.08. The highest BCUT2D eigenvalue weighted by Crippen LogP contribution is 2.58. The summed E-state index contributed by atoms with van der Waals surface area (Å²) in [6.45, 7) is -1.74. The smallest absolute Gasteiger partial charge is 0.391 e. The van der Waals surface area contributed by atoms with Gasteiger partial charge in [0.2, 0.25) is 5.85 Å². The largest absolute Gasteiger partial charge is 0.481 e. The Morgan fingerprint density at radius 3 is 2.69 bits per heavy atom. The van der Waals surface area contributed by atoms with Gasteiger partial charge in [-0.3, -0.25) is 18.9 Å². The molecule has 16 heteroatoms. The van der Waals surface area contributed by atoms with Crippen molar-refractivity contribution in [1.82, 2.24) is 9.55 Å². The van der Waals surface area contributed by atoms with Gasteiger partial charge in [0.05, 0.1) is 12.2 Å². The first-order valence-electron chi connectivity index (χ1n) is 6.90. The number of aliphatic hydroxyl groups is 1. The third-order valence-electron chi connectivity index (χ3n) is 3.29. The van der Waals surface area contributed by atoms with Crippen molar-refractivity contribution in [3.05, 3.63) is 26.9 Å². The molecule has 148 valence electrons. The summed E-state index contributed by atoms with van der Waals surface area (Å²) in [4.78, 5) is 39.9. The van der Waals surface area contributed by atoms with Crippen molar-refractivity contribution in [3.63, 3.8) is 0 Å². The third kappa shape index (κ3) is 5.60. The lowest BCUT2D eigenvalue weighted by Crippen LogP contribution is -2.29. The summed E-state index contributed by atoms with van der Waals surface area (Å²) >= 11 is 4.94. The predicted octanol–water partition coefficient (Wildman–Crippen LogP) is 0.599. The lowest BCUT2D eigenvalue weighted by atomic mass is 10.2. The van der Waals surface area contributed by atoms with E-state index in [0.717, 1.165) is 0 Å². The van der Waals surface area contributed by atoms with E-state index in [9.17, 15) is 18.3 Å². The van der Waals surface area contributed by atoms with Gasteiger partial charge < -0.3 is 24.5 Å². The molecule has 0 saturated carbocycles. The molecule has 0 bridgehead atoms. The zero-order valence-corrected chi connectivity index (χ0v) is 15.5. The monoisotopic (exact) mass is 436 g/mol. The number of halogens is 1. The first kappa shape index (κ1) is 21.5. The molecule has 0 radical (unpaired) electrons. The number of hydrogen-bond donors (Lipinski definition) is 5. The van der Waals surface area contributed by atoms with Crippen LogP contribution in [0, 0.1) is 4.77 Å². The third-order valence-corrected chi connectivity index (χ3v) is 5.73. The van der Waals surface area contributed by atoms with Gasteiger partial charge in [-0.25, -0.2) is 13.5 Å². The number of nitrogens with one attached hydrogen (secondary N) is 1. The van der Waals surface area contributed by atoms with Crippen LogP contribution in [0.2, 0.25) is 0 Å². The van der Waals surface area contributed by atoms with Gasteiger partial charge >= 0.3 is 15.6 Å². The van der Waals surface area contributed by atoms with Crippen LogP contribution in [0.1, 0.15) is 24.6 Å². The van der Waals surface area contributed by atoms with E-state index < -0.39 is 46.5 Å². The second kappa shape index (κ2) is 7.68. The van der Waals surface area contributed by atoms with Crippen molar-refractivity contribution in [1.29, 1.82) is 0 Å². The van der Waals surface area contributed by atoms with E-state index in [-0.39, 0.29) is 23.2 Å². The Kier molecular flexibility index (Phi) is 6.35.